The van der Waals surface area contributed by atoms with E-state index in [1.54, 1.807) is 12.4 Å². The maximum Gasteiger partial charge on any atom is 0.340 e. The quantitative estimate of drug-likeness (QED) is 0.400. The van der Waals surface area contributed by atoms with Crippen molar-refractivity contribution in [1.29, 1.82) is 0 Å². The summed E-state index contributed by atoms with van der Waals surface area (Å²) in [7, 11) is 2.58. The number of esters is 1. The van der Waals surface area contributed by atoms with Crippen LogP contribution in [0.25, 0.3) is 10.9 Å². The number of carbonyl (C=O) groups is 1. The Morgan fingerprint density at radius 2 is 2.16 bits per heavy atom. The van der Waals surface area contributed by atoms with Crippen molar-refractivity contribution in [2.75, 3.05) is 20.7 Å². The molecule has 1 aliphatic carbocycles. The smallest absolute Gasteiger partial charge is 0.340 e. The summed E-state index contributed by atoms with van der Waals surface area (Å²) in [5, 5.41) is 13.5. The van der Waals surface area contributed by atoms with E-state index in [4.69, 9.17) is 4.74 Å². The molecule has 1 aliphatic rings. The second-order valence-corrected chi connectivity index (χ2v) is 11.2. The van der Waals surface area contributed by atoms with Gasteiger partial charge in [0.1, 0.15) is 5.75 Å². The van der Waals surface area contributed by atoms with Gasteiger partial charge in [0, 0.05) is 45.4 Å². The fraction of sp³-hybridized carbons (Fsp3) is 0.455. The number of thiazole rings is 1. The molecule has 0 saturated heterocycles. The summed E-state index contributed by atoms with van der Waals surface area (Å²) < 4.78 is 21.3. The van der Waals surface area contributed by atoms with Crippen molar-refractivity contribution in [2.24, 2.45) is 0 Å². The molecule has 10 heteroatoms. The highest BCUT2D eigenvalue weighted by Gasteiger charge is 2.35. The highest BCUT2D eigenvalue weighted by atomic mass is 79.9. The Morgan fingerprint density at radius 1 is 1.41 bits per heavy atom. The summed E-state index contributed by atoms with van der Waals surface area (Å²) in [5.74, 6) is 0.216. The summed E-state index contributed by atoms with van der Waals surface area (Å²) in [6, 6.07) is 2.10. The third-order valence-electron chi connectivity index (χ3n) is 5.38. The molecule has 4 rings (SSSR count). The molecule has 1 aromatic carbocycles. The van der Waals surface area contributed by atoms with Crippen molar-refractivity contribution in [1.82, 2.24) is 14.5 Å². The number of phenols is 1. The van der Waals surface area contributed by atoms with E-state index in [-0.39, 0.29) is 24.2 Å². The molecule has 1 N–H and O–H groups in total. The average Bonchev–Trinajstić information content (AvgIpc) is 3.33. The van der Waals surface area contributed by atoms with E-state index >= 15 is 0 Å². The molecule has 1 fully saturated rings. The van der Waals surface area contributed by atoms with Gasteiger partial charge in [-0.05, 0) is 55.9 Å². The third kappa shape index (κ3) is 4.64. The molecule has 2 aromatic heterocycles. The first-order chi connectivity index (χ1) is 15.3. The zero-order chi connectivity index (χ0) is 23.0. The molecule has 2 heterocycles. The minimum atomic E-state index is -1.25. The molecule has 0 amide bonds. The zero-order valence-electron chi connectivity index (χ0n) is 18.3. The van der Waals surface area contributed by atoms with Crippen LogP contribution in [-0.4, -0.2) is 50.4 Å². The summed E-state index contributed by atoms with van der Waals surface area (Å²) in [6.45, 7) is 2.46. The predicted octanol–water partition coefficient (Wildman–Crippen LogP) is 4.59. The lowest BCUT2D eigenvalue weighted by atomic mass is 10.0. The van der Waals surface area contributed by atoms with Crippen molar-refractivity contribution >= 4 is 54.9 Å². The summed E-state index contributed by atoms with van der Waals surface area (Å²) in [6.07, 6.45) is 2.00. The molecule has 3 aromatic rings. The highest BCUT2D eigenvalue weighted by Crippen LogP contribution is 2.46. The van der Waals surface area contributed by atoms with E-state index in [2.05, 4.69) is 25.5 Å². The van der Waals surface area contributed by atoms with Crippen LogP contribution in [0, 0.1) is 0 Å². The number of aromatic hydroxyl groups is 1. The Kier molecular flexibility index (Phi) is 7.04. The number of nitrogens with zero attached hydrogens (tertiary/aromatic N) is 3. The molecule has 1 saturated carbocycles. The second kappa shape index (κ2) is 9.62. The van der Waals surface area contributed by atoms with Crippen molar-refractivity contribution in [3.8, 4) is 5.75 Å². The molecule has 0 aliphatic heterocycles. The SMILES string of the molecule is CCOC(=O)c1c(CS(=O)Cc2cscn2)n(C2CC2)c2cc(Br)c(O)c(CN(C)C)c12. The predicted molar refractivity (Wildman–Crippen MR) is 131 cm³/mol. The van der Waals surface area contributed by atoms with Gasteiger partial charge in [-0.2, -0.15) is 0 Å². The number of halogens is 1. The maximum absolute atomic E-state index is 13.2. The fourth-order valence-electron chi connectivity index (χ4n) is 4.02. The standard InChI is InChI=1S/C22H26BrN3O4S2/c1-4-30-22(28)20-18(11-32(29)10-13-9-31-12-24-13)26(14-5-6-14)17-7-16(23)21(27)15(19(17)20)8-25(2)3/h7,9,12,14,27H,4-6,8,10-11H2,1-3H3. The van der Waals surface area contributed by atoms with Crippen LogP contribution < -0.4 is 0 Å². The van der Waals surface area contributed by atoms with E-state index in [1.807, 2.05) is 30.4 Å². The monoisotopic (exact) mass is 539 g/mol. The Bertz CT molecular complexity index is 1170. The topological polar surface area (TPSA) is 84.7 Å². The van der Waals surface area contributed by atoms with Crippen molar-refractivity contribution in [2.45, 2.75) is 43.9 Å². The van der Waals surface area contributed by atoms with Gasteiger partial charge in [0.15, 0.2) is 0 Å². The van der Waals surface area contributed by atoms with Crippen LogP contribution in [-0.2, 0) is 33.6 Å². The number of phenolic OH excluding ortho intramolecular Hbond substituents is 1. The number of carbonyl (C=O) groups excluding carboxylic acids is 1. The lowest BCUT2D eigenvalue weighted by molar-refractivity contribution is 0.0527. The van der Waals surface area contributed by atoms with Gasteiger partial charge in [0.25, 0.3) is 0 Å². The van der Waals surface area contributed by atoms with Crippen LogP contribution in [0.15, 0.2) is 21.4 Å². The summed E-state index contributed by atoms with van der Waals surface area (Å²) >= 11 is 4.96. The number of hydrogen-bond donors (Lipinski definition) is 1. The zero-order valence-corrected chi connectivity index (χ0v) is 21.5. The molecule has 32 heavy (non-hydrogen) atoms. The van der Waals surface area contributed by atoms with Gasteiger partial charge < -0.3 is 19.3 Å². The molecule has 1 unspecified atom stereocenters. The minimum Gasteiger partial charge on any atom is -0.506 e. The number of rotatable bonds is 9. The molecule has 7 nitrogen and oxygen atoms in total. The number of ether oxygens (including phenoxy) is 1. The Morgan fingerprint density at radius 3 is 2.75 bits per heavy atom. The van der Waals surface area contributed by atoms with Gasteiger partial charge in [0.05, 0.1) is 44.9 Å². The van der Waals surface area contributed by atoms with Crippen LogP contribution >= 0.6 is 27.3 Å². The Labute approximate surface area is 202 Å². The Balaban J connectivity index is 1.94. The fourth-order valence-corrected chi connectivity index (χ4v) is 6.32. The first kappa shape index (κ1) is 23.4. The lowest BCUT2D eigenvalue weighted by Crippen LogP contribution is -2.14. The lowest BCUT2D eigenvalue weighted by Gasteiger charge is -2.15. The van der Waals surface area contributed by atoms with Gasteiger partial charge in [-0.1, -0.05) is 0 Å². The molecular formula is C22H26BrN3O4S2. The van der Waals surface area contributed by atoms with Crippen LogP contribution in [0.4, 0.5) is 0 Å². The van der Waals surface area contributed by atoms with Crippen LogP contribution in [0.5, 0.6) is 5.75 Å². The second-order valence-electron chi connectivity index (χ2n) is 8.17. The van der Waals surface area contributed by atoms with Crippen LogP contribution in [0.1, 0.15) is 53.1 Å². The van der Waals surface area contributed by atoms with Crippen LogP contribution in [0.3, 0.4) is 0 Å². The number of hydrogen-bond acceptors (Lipinski definition) is 7. The first-order valence-corrected chi connectivity index (χ1v) is 13.6. The van der Waals surface area contributed by atoms with Crippen molar-refractivity contribution in [3.05, 3.63) is 43.9 Å². The molecule has 172 valence electrons. The normalized spacial score (nSPS) is 14.9. The van der Waals surface area contributed by atoms with Crippen molar-refractivity contribution in [3.63, 3.8) is 0 Å². The van der Waals surface area contributed by atoms with Gasteiger partial charge in [-0.15, -0.1) is 11.3 Å². The van der Waals surface area contributed by atoms with E-state index in [0.717, 1.165) is 24.1 Å². The van der Waals surface area contributed by atoms with Gasteiger partial charge >= 0.3 is 5.97 Å². The van der Waals surface area contributed by atoms with Gasteiger partial charge in [-0.25, -0.2) is 9.78 Å². The molecule has 0 bridgehead atoms. The van der Waals surface area contributed by atoms with E-state index in [0.29, 0.717) is 39.0 Å². The number of fused-ring (bicyclic) bond motifs is 1. The molecule has 0 radical (unpaired) electrons. The summed E-state index contributed by atoms with van der Waals surface area (Å²) in [5.41, 5.74) is 5.16. The highest BCUT2D eigenvalue weighted by molar-refractivity contribution is 9.10. The third-order valence-corrected chi connectivity index (χ3v) is 7.83. The van der Waals surface area contributed by atoms with E-state index < -0.39 is 16.8 Å². The largest absolute Gasteiger partial charge is 0.506 e. The average molecular weight is 541 g/mol. The Hall–Kier alpha value is -1.75. The maximum atomic E-state index is 13.2. The summed E-state index contributed by atoms with van der Waals surface area (Å²) in [4.78, 5) is 19.4. The minimum absolute atomic E-state index is 0.111. The first-order valence-electron chi connectivity index (χ1n) is 10.4. The molecule has 1 atom stereocenters. The van der Waals surface area contributed by atoms with Crippen LogP contribution in [0.2, 0.25) is 0 Å². The van der Waals surface area contributed by atoms with Crippen molar-refractivity contribution < 1.29 is 18.8 Å². The molecular weight excluding hydrogens is 514 g/mol. The number of benzene rings is 1. The van der Waals surface area contributed by atoms with Gasteiger partial charge in [-0.3, -0.25) is 4.21 Å². The molecule has 0 spiro atoms. The van der Waals surface area contributed by atoms with E-state index in [9.17, 15) is 14.1 Å². The number of aromatic nitrogens is 2. The van der Waals surface area contributed by atoms with Gasteiger partial charge in [0.2, 0.25) is 0 Å². The van der Waals surface area contributed by atoms with E-state index in [1.165, 1.54) is 11.3 Å².